The summed E-state index contributed by atoms with van der Waals surface area (Å²) in [4.78, 5) is 24.5. The maximum atomic E-state index is 12.5. The van der Waals surface area contributed by atoms with E-state index in [9.17, 15) is 19.8 Å². The molecule has 0 saturated carbocycles. The van der Waals surface area contributed by atoms with Gasteiger partial charge in [-0.3, -0.25) is 9.59 Å². The molecule has 0 aromatic rings. The number of aliphatic hydroxyl groups excluding tert-OH is 2. The second-order valence-corrected chi connectivity index (χ2v) is 21.7. The van der Waals surface area contributed by atoms with Crippen LogP contribution in [0.1, 0.15) is 354 Å². The normalized spacial score (nSPS) is 12.6. The SMILES string of the molecule is CCCCCCCCC/C=C\CCCCCCCC(=O)OCCCCCCCCCCCCCCCCCCCCCCCCCCC(=O)NC(CO)C(O)CCCCCCCCCCCCCC. The minimum Gasteiger partial charge on any atom is -0.466 e. The van der Waals surface area contributed by atoms with Crippen molar-refractivity contribution in [1.82, 2.24) is 5.32 Å². The molecule has 0 spiro atoms. The van der Waals surface area contributed by atoms with Gasteiger partial charge in [0.25, 0.3) is 0 Å². The van der Waals surface area contributed by atoms with E-state index < -0.39 is 12.1 Å². The molecule has 0 heterocycles. The molecular weight excluding hydrogens is 851 g/mol. The molecule has 3 N–H and O–H groups in total. The van der Waals surface area contributed by atoms with Crippen molar-refractivity contribution in [2.24, 2.45) is 0 Å². The zero-order chi connectivity index (χ0) is 50.0. The number of allylic oxidation sites excluding steroid dienone is 2. The molecule has 2 atom stereocenters. The summed E-state index contributed by atoms with van der Waals surface area (Å²) in [6, 6.07) is -0.539. The standard InChI is InChI=1S/C63H123NO5/c1-3-5-7-9-11-13-15-17-18-30-33-37-41-45-49-53-57-63(68)69-58-54-50-46-42-38-34-31-28-26-24-22-20-19-21-23-25-27-29-32-36-40-44-48-52-56-62(67)64-60(59-65)61(66)55-51-47-43-39-35-16-14-12-10-8-6-4-2/h18,30,60-61,65-66H,3-17,19-29,31-59H2,1-2H3,(H,64,67)/b30-18-. The number of aliphatic hydroxyl groups is 2. The Labute approximate surface area is 431 Å². The van der Waals surface area contributed by atoms with Crippen LogP contribution in [0.2, 0.25) is 0 Å². The van der Waals surface area contributed by atoms with Gasteiger partial charge in [0, 0.05) is 12.8 Å². The Balaban J connectivity index is 3.34. The molecule has 0 fully saturated rings. The molecule has 0 aliphatic carbocycles. The molecule has 1 amide bonds. The van der Waals surface area contributed by atoms with Crippen molar-refractivity contribution >= 4 is 11.9 Å². The summed E-state index contributed by atoms with van der Waals surface area (Å²) in [5, 5.41) is 23.2. The molecule has 410 valence electrons. The van der Waals surface area contributed by atoms with E-state index in [0.29, 0.717) is 25.9 Å². The highest BCUT2D eigenvalue weighted by molar-refractivity contribution is 5.76. The maximum Gasteiger partial charge on any atom is 0.305 e. The first-order valence-electron chi connectivity index (χ1n) is 31.4. The maximum absolute atomic E-state index is 12.5. The van der Waals surface area contributed by atoms with Gasteiger partial charge in [0.15, 0.2) is 0 Å². The van der Waals surface area contributed by atoms with Crippen LogP contribution in [0.4, 0.5) is 0 Å². The van der Waals surface area contributed by atoms with E-state index in [0.717, 1.165) is 44.9 Å². The highest BCUT2D eigenvalue weighted by Crippen LogP contribution is 2.18. The minimum atomic E-state index is -0.661. The predicted molar refractivity (Wildman–Crippen MR) is 301 cm³/mol. The van der Waals surface area contributed by atoms with Gasteiger partial charge in [-0.05, 0) is 51.4 Å². The summed E-state index contributed by atoms with van der Waals surface area (Å²) in [5.41, 5.74) is 0. The molecule has 0 radical (unpaired) electrons. The second kappa shape index (κ2) is 59.2. The summed E-state index contributed by atoms with van der Waals surface area (Å²) in [6.07, 6.45) is 70.9. The van der Waals surface area contributed by atoms with Gasteiger partial charge in [0.05, 0.1) is 25.4 Å². The lowest BCUT2D eigenvalue weighted by Gasteiger charge is -2.22. The molecule has 0 aliphatic rings. The van der Waals surface area contributed by atoms with Crippen LogP contribution < -0.4 is 5.32 Å². The Morgan fingerprint density at radius 2 is 0.681 bits per heavy atom. The van der Waals surface area contributed by atoms with Gasteiger partial charge < -0.3 is 20.3 Å². The summed E-state index contributed by atoms with van der Waals surface area (Å²) in [5.74, 6) is -0.0240. The largest absolute Gasteiger partial charge is 0.466 e. The van der Waals surface area contributed by atoms with Crippen LogP contribution in [-0.4, -0.2) is 47.4 Å². The lowest BCUT2D eigenvalue weighted by atomic mass is 10.0. The zero-order valence-corrected chi connectivity index (χ0v) is 46.8. The smallest absolute Gasteiger partial charge is 0.305 e. The zero-order valence-electron chi connectivity index (χ0n) is 46.8. The van der Waals surface area contributed by atoms with E-state index in [1.807, 2.05) is 0 Å². The van der Waals surface area contributed by atoms with E-state index >= 15 is 0 Å². The Hall–Kier alpha value is -1.40. The monoisotopic (exact) mass is 974 g/mol. The van der Waals surface area contributed by atoms with Gasteiger partial charge in [-0.25, -0.2) is 0 Å². The van der Waals surface area contributed by atoms with Crippen molar-refractivity contribution in [2.75, 3.05) is 13.2 Å². The fraction of sp³-hybridized carbons (Fsp3) is 0.937. The van der Waals surface area contributed by atoms with E-state index in [2.05, 4.69) is 31.3 Å². The lowest BCUT2D eigenvalue weighted by Crippen LogP contribution is -2.45. The van der Waals surface area contributed by atoms with Gasteiger partial charge in [0.1, 0.15) is 0 Å². The highest BCUT2D eigenvalue weighted by atomic mass is 16.5. The van der Waals surface area contributed by atoms with E-state index in [1.54, 1.807) is 0 Å². The fourth-order valence-electron chi connectivity index (χ4n) is 9.99. The van der Waals surface area contributed by atoms with E-state index in [-0.39, 0.29) is 18.5 Å². The Morgan fingerprint density at radius 1 is 0.391 bits per heavy atom. The first kappa shape index (κ1) is 67.6. The van der Waals surface area contributed by atoms with Crippen LogP contribution in [0.15, 0.2) is 12.2 Å². The molecule has 0 aromatic carbocycles. The van der Waals surface area contributed by atoms with Gasteiger partial charge >= 0.3 is 5.97 Å². The Morgan fingerprint density at radius 3 is 1.03 bits per heavy atom. The average molecular weight is 975 g/mol. The number of hydrogen-bond donors (Lipinski definition) is 3. The number of carbonyl (C=O) groups excluding carboxylic acids is 2. The third kappa shape index (κ3) is 55.8. The van der Waals surface area contributed by atoms with Crippen molar-refractivity contribution in [3.8, 4) is 0 Å². The van der Waals surface area contributed by atoms with E-state index in [1.165, 1.54) is 276 Å². The van der Waals surface area contributed by atoms with Crippen molar-refractivity contribution in [2.45, 2.75) is 366 Å². The molecule has 0 aliphatic heterocycles. The number of ether oxygens (including phenoxy) is 1. The van der Waals surface area contributed by atoms with Gasteiger partial charge in [-0.2, -0.15) is 0 Å². The summed E-state index contributed by atoms with van der Waals surface area (Å²) in [6.45, 7) is 4.96. The van der Waals surface area contributed by atoms with Crippen LogP contribution in [0, 0.1) is 0 Å². The Bertz CT molecular complexity index is 1030. The number of esters is 1. The minimum absolute atomic E-state index is 0.00869. The third-order valence-electron chi connectivity index (χ3n) is 14.8. The van der Waals surface area contributed by atoms with Crippen LogP contribution in [-0.2, 0) is 14.3 Å². The molecule has 0 aromatic heterocycles. The summed E-state index contributed by atoms with van der Waals surface area (Å²) >= 11 is 0. The number of carbonyl (C=O) groups is 2. The van der Waals surface area contributed by atoms with Crippen LogP contribution in [0.5, 0.6) is 0 Å². The molecular formula is C63H123NO5. The molecule has 69 heavy (non-hydrogen) atoms. The van der Waals surface area contributed by atoms with E-state index in [4.69, 9.17) is 4.74 Å². The van der Waals surface area contributed by atoms with Gasteiger partial charge in [0.2, 0.25) is 5.91 Å². The summed E-state index contributed by atoms with van der Waals surface area (Å²) < 4.78 is 5.49. The van der Waals surface area contributed by atoms with Gasteiger partial charge in [-0.15, -0.1) is 0 Å². The third-order valence-corrected chi connectivity index (χ3v) is 14.8. The van der Waals surface area contributed by atoms with Crippen LogP contribution in [0.25, 0.3) is 0 Å². The first-order chi connectivity index (χ1) is 34.0. The molecule has 0 rings (SSSR count). The highest BCUT2D eigenvalue weighted by Gasteiger charge is 2.20. The quantitative estimate of drug-likeness (QED) is 0.0321. The first-order valence-corrected chi connectivity index (χ1v) is 31.4. The number of hydrogen-bond acceptors (Lipinski definition) is 5. The van der Waals surface area contributed by atoms with Crippen molar-refractivity contribution in [3.05, 3.63) is 12.2 Å². The van der Waals surface area contributed by atoms with Crippen LogP contribution in [0.3, 0.4) is 0 Å². The summed E-state index contributed by atoms with van der Waals surface area (Å²) in [7, 11) is 0. The predicted octanol–water partition coefficient (Wildman–Crippen LogP) is 19.6. The van der Waals surface area contributed by atoms with Crippen LogP contribution >= 0.6 is 0 Å². The molecule has 6 nitrogen and oxygen atoms in total. The number of amides is 1. The van der Waals surface area contributed by atoms with Gasteiger partial charge in [-0.1, -0.05) is 302 Å². The fourth-order valence-corrected chi connectivity index (χ4v) is 9.99. The molecule has 0 bridgehead atoms. The number of rotatable bonds is 59. The van der Waals surface area contributed by atoms with Crippen molar-refractivity contribution < 1.29 is 24.5 Å². The van der Waals surface area contributed by atoms with Crippen molar-refractivity contribution in [3.63, 3.8) is 0 Å². The second-order valence-electron chi connectivity index (χ2n) is 21.7. The lowest BCUT2D eigenvalue weighted by molar-refractivity contribution is -0.143. The number of unbranched alkanes of at least 4 members (excludes halogenated alkanes) is 46. The van der Waals surface area contributed by atoms with Crippen molar-refractivity contribution in [1.29, 1.82) is 0 Å². The molecule has 0 saturated heterocycles. The average Bonchev–Trinajstić information content (AvgIpc) is 3.35. The number of nitrogens with one attached hydrogen (secondary N) is 1. The topological polar surface area (TPSA) is 95.9 Å². The molecule has 2 unspecified atom stereocenters. The Kier molecular flexibility index (Phi) is 58.0. The molecule has 6 heteroatoms.